The van der Waals surface area contributed by atoms with Gasteiger partial charge in [0.2, 0.25) is 5.91 Å². The van der Waals surface area contributed by atoms with Gasteiger partial charge in [0.15, 0.2) is 0 Å². The molecule has 1 saturated heterocycles. The lowest BCUT2D eigenvalue weighted by atomic mass is 10.0. The maximum atomic E-state index is 11.9. The monoisotopic (exact) mass is 336 g/mol. The van der Waals surface area contributed by atoms with Crippen LogP contribution in [0, 0.1) is 0 Å². The molecule has 8 heteroatoms. The van der Waals surface area contributed by atoms with Crippen LogP contribution >= 0.6 is 34.5 Å². The molecule has 0 spiro atoms. The zero-order valence-corrected chi connectivity index (χ0v) is 13.1. The van der Waals surface area contributed by atoms with Gasteiger partial charge >= 0.3 is 5.97 Å². The van der Waals surface area contributed by atoms with Crippen LogP contribution in [0.5, 0.6) is 0 Å². The number of halogens is 2. The van der Waals surface area contributed by atoms with Crippen LogP contribution in [0.3, 0.4) is 0 Å². The molecule has 0 radical (unpaired) electrons. The summed E-state index contributed by atoms with van der Waals surface area (Å²) in [5.74, 6) is -1.26. The topological polar surface area (TPSA) is 69.6 Å². The Balaban J connectivity index is 2.25. The number of amides is 1. The second-order valence-corrected chi connectivity index (χ2v) is 6.88. The second-order valence-electron chi connectivity index (χ2n) is 4.60. The molecule has 1 aliphatic heterocycles. The van der Waals surface area contributed by atoms with Gasteiger partial charge in [-0.25, -0.2) is 0 Å². The maximum absolute atomic E-state index is 11.9. The molecule has 2 heterocycles. The van der Waals surface area contributed by atoms with E-state index in [0.717, 1.165) is 5.56 Å². The first-order valence-electron chi connectivity index (χ1n) is 6.10. The van der Waals surface area contributed by atoms with Crippen molar-refractivity contribution < 1.29 is 14.7 Å². The fourth-order valence-corrected chi connectivity index (χ4v) is 4.02. The number of carbonyl (C=O) groups is 2. The van der Waals surface area contributed by atoms with Crippen molar-refractivity contribution in [3.63, 3.8) is 0 Å². The first-order chi connectivity index (χ1) is 9.40. The first-order valence-corrected chi connectivity index (χ1v) is 7.67. The summed E-state index contributed by atoms with van der Waals surface area (Å²) in [5, 5.41) is 11.7. The Morgan fingerprint density at radius 3 is 2.90 bits per heavy atom. The van der Waals surface area contributed by atoms with Gasteiger partial charge in [0.1, 0.15) is 6.04 Å². The van der Waals surface area contributed by atoms with Crippen molar-refractivity contribution in [1.29, 1.82) is 0 Å². The van der Waals surface area contributed by atoms with Crippen LogP contribution in [0.2, 0.25) is 8.67 Å². The molecule has 110 valence electrons. The molecule has 1 aromatic rings. The van der Waals surface area contributed by atoms with Crippen LogP contribution < -0.4 is 5.32 Å². The largest absolute Gasteiger partial charge is 0.481 e. The van der Waals surface area contributed by atoms with Crippen molar-refractivity contribution >= 4 is 46.4 Å². The molecule has 20 heavy (non-hydrogen) atoms. The van der Waals surface area contributed by atoms with E-state index < -0.39 is 12.0 Å². The Morgan fingerprint density at radius 2 is 2.35 bits per heavy atom. The Bertz CT molecular complexity index is 535. The summed E-state index contributed by atoms with van der Waals surface area (Å²) in [6.45, 7) is 2.97. The Hall–Kier alpha value is -0.820. The molecule has 2 rings (SSSR count). The van der Waals surface area contributed by atoms with Crippen LogP contribution in [0.25, 0.3) is 0 Å². The standard InChI is InChI=1S/C12H14Cl2N2O3S/c1-6(7-4-9(13)20-11(7)14)16-3-2-15-12(19)8(16)5-10(17)18/h4,6,8H,2-3,5H2,1H3,(H,15,19)(H,17,18). The quantitative estimate of drug-likeness (QED) is 0.885. The molecule has 2 N–H and O–H groups in total. The van der Waals surface area contributed by atoms with E-state index in [9.17, 15) is 9.59 Å². The number of rotatable bonds is 4. The molecule has 5 nitrogen and oxygen atoms in total. The van der Waals surface area contributed by atoms with E-state index in [1.807, 2.05) is 11.8 Å². The minimum atomic E-state index is -1.00. The molecule has 0 aliphatic carbocycles. The molecule has 0 aromatic carbocycles. The summed E-state index contributed by atoms with van der Waals surface area (Å²) < 4.78 is 1.15. The van der Waals surface area contributed by atoms with Gasteiger partial charge in [-0.2, -0.15) is 0 Å². The molecule has 1 aromatic heterocycles. The van der Waals surface area contributed by atoms with Crippen molar-refractivity contribution in [1.82, 2.24) is 10.2 Å². The van der Waals surface area contributed by atoms with Gasteiger partial charge in [0.25, 0.3) is 0 Å². The van der Waals surface area contributed by atoms with E-state index in [-0.39, 0.29) is 18.4 Å². The SMILES string of the molecule is CC(c1cc(Cl)sc1Cl)N1CCNC(=O)C1CC(=O)O. The summed E-state index contributed by atoms with van der Waals surface area (Å²) in [4.78, 5) is 24.7. The van der Waals surface area contributed by atoms with Crippen molar-refractivity contribution in [3.05, 3.63) is 20.3 Å². The first kappa shape index (κ1) is 15.6. The van der Waals surface area contributed by atoms with Gasteiger partial charge in [0, 0.05) is 24.7 Å². The molecule has 0 saturated carbocycles. The van der Waals surface area contributed by atoms with Crippen LogP contribution in [-0.4, -0.2) is 41.0 Å². The third-order valence-electron chi connectivity index (χ3n) is 3.37. The van der Waals surface area contributed by atoms with Crippen LogP contribution in [0.1, 0.15) is 24.9 Å². The summed E-state index contributed by atoms with van der Waals surface area (Å²) in [5.41, 5.74) is 0.826. The number of carbonyl (C=O) groups excluding carboxylic acids is 1. The third-order valence-corrected chi connectivity index (χ3v) is 4.89. The van der Waals surface area contributed by atoms with E-state index >= 15 is 0 Å². The molecule has 2 atom stereocenters. The van der Waals surface area contributed by atoms with Crippen molar-refractivity contribution in [3.8, 4) is 0 Å². The van der Waals surface area contributed by atoms with Crippen LogP contribution in [-0.2, 0) is 9.59 Å². The number of aliphatic carboxylic acids is 1. The number of hydrogen-bond acceptors (Lipinski definition) is 4. The Morgan fingerprint density at radius 1 is 1.65 bits per heavy atom. The summed E-state index contributed by atoms with van der Waals surface area (Å²) in [6.07, 6.45) is -0.230. The lowest BCUT2D eigenvalue weighted by molar-refractivity contribution is -0.143. The number of hydrogen-bond donors (Lipinski definition) is 2. The predicted octanol–water partition coefficient (Wildman–Crippen LogP) is 2.39. The minimum Gasteiger partial charge on any atom is -0.481 e. The van der Waals surface area contributed by atoms with E-state index in [1.165, 1.54) is 11.3 Å². The van der Waals surface area contributed by atoms with E-state index in [4.69, 9.17) is 28.3 Å². The Labute approximate surface area is 130 Å². The molecular weight excluding hydrogens is 323 g/mol. The van der Waals surface area contributed by atoms with Gasteiger partial charge in [-0.1, -0.05) is 23.2 Å². The highest BCUT2D eigenvalue weighted by molar-refractivity contribution is 7.20. The van der Waals surface area contributed by atoms with Crippen LogP contribution in [0.15, 0.2) is 6.07 Å². The highest BCUT2D eigenvalue weighted by Crippen LogP contribution is 2.38. The van der Waals surface area contributed by atoms with Gasteiger partial charge in [-0.15, -0.1) is 11.3 Å². The number of thiophene rings is 1. The van der Waals surface area contributed by atoms with Crippen LogP contribution in [0.4, 0.5) is 0 Å². The average Bonchev–Trinajstić information content (AvgIpc) is 2.70. The van der Waals surface area contributed by atoms with E-state index in [1.54, 1.807) is 6.07 Å². The number of carboxylic acids is 1. The zero-order chi connectivity index (χ0) is 14.9. The normalized spacial score (nSPS) is 21.6. The lowest BCUT2D eigenvalue weighted by Gasteiger charge is -2.38. The minimum absolute atomic E-state index is 0.165. The predicted molar refractivity (Wildman–Crippen MR) is 78.5 cm³/mol. The van der Waals surface area contributed by atoms with Crippen molar-refractivity contribution in [2.75, 3.05) is 13.1 Å². The van der Waals surface area contributed by atoms with E-state index in [2.05, 4.69) is 5.32 Å². The fraction of sp³-hybridized carbons (Fsp3) is 0.500. The Kier molecular flexibility index (Phi) is 4.90. The van der Waals surface area contributed by atoms with Crippen molar-refractivity contribution in [2.24, 2.45) is 0 Å². The molecule has 2 unspecified atom stereocenters. The zero-order valence-electron chi connectivity index (χ0n) is 10.7. The smallest absolute Gasteiger partial charge is 0.305 e. The molecule has 0 bridgehead atoms. The highest BCUT2D eigenvalue weighted by atomic mass is 35.5. The van der Waals surface area contributed by atoms with Gasteiger partial charge < -0.3 is 10.4 Å². The molecule has 1 amide bonds. The number of nitrogens with one attached hydrogen (secondary N) is 1. The highest BCUT2D eigenvalue weighted by Gasteiger charge is 2.35. The summed E-state index contributed by atoms with van der Waals surface area (Å²) in [6, 6.07) is 0.913. The fourth-order valence-electron chi connectivity index (χ4n) is 2.39. The third kappa shape index (κ3) is 3.25. The lowest BCUT2D eigenvalue weighted by Crippen LogP contribution is -2.56. The molecule has 1 fully saturated rings. The van der Waals surface area contributed by atoms with E-state index in [0.29, 0.717) is 21.8 Å². The number of nitrogens with zero attached hydrogens (tertiary/aromatic N) is 1. The second kappa shape index (κ2) is 6.30. The summed E-state index contributed by atoms with van der Waals surface area (Å²) in [7, 11) is 0. The van der Waals surface area contributed by atoms with Gasteiger partial charge in [-0.05, 0) is 13.0 Å². The molecular formula is C12H14Cl2N2O3S. The number of piperazine rings is 1. The van der Waals surface area contributed by atoms with Gasteiger partial charge in [-0.3, -0.25) is 14.5 Å². The number of carboxylic acid groups (broad SMARTS) is 1. The van der Waals surface area contributed by atoms with Crippen molar-refractivity contribution in [2.45, 2.75) is 25.4 Å². The summed E-state index contributed by atoms with van der Waals surface area (Å²) >= 11 is 13.3. The average molecular weight is 337 g/mol. The molecule has 1 aliphatic rings. The maximum Gasteiger partial charge on any atom is 0.305 e. The van der Waals surface area contributed by atoms with Gasteiger partial charge in [0.05, 0.1) is 15.1 Å².